The van der Waals surface area contributed by atoms with Gasteiger partial charge in [0.2, 0.25) is 0 Å². The Morgan fingerprint density at radius 1 is 1.21 bits per heavy atom. The van der Waals surface area contributed by atoms with Crippen molar-refractivity contribution in [3.05, 3.63) is 30.3 Å². The third-order valence-corrected chi connectivity index (χ3v) is 3.93. The first-order valence-corrected chi connectivity index (χ1v) is 7.47. The zero-order valence-electron chi connectivity index (χ0n) is 12.5. The van der Waals surface area contributed by atoms with Crippen molar-refractivity contribution < 1.29 is 4.74 Å². The van der Waals surface area contributed by atoms with Gasteiger partial charge in [-0.3, -0.25) is 0 Å². The molecule has 0 heterocycles. The van der Waals surface area contributed by atoms with E-state index >= 15 is 0 Å². The minimum absolute atomic E-state index is 0.335. The van der Waals surface area contributed by atoms with Crippen LogP contribution in [0.5, 0.6) is 5.75 Å². The van der Waals surface area contributed by atoms with Crippen LogP contribution in [0.15, 0.2) is 30.3 Å². The van der Waals surface area contributed by atoms with E-state index in [9.17, 15) is 0 Å². The van der Waals surface area contributed by atoms with Crippen molar-refractivity contribution in [1.29, 1.82) is 0 Å². The molecule has 2 nitrogen and oxygen atoms in total. The van der Waals surface area contributed by atoms with Crippen LogP contribution < -0.4 is 10.1 Å². The van der Waals surface area contributed by atoms with Crippen LogP contribution in [0.2, 0.25) is 0 Å². The second-order valence-electron chi connectivity index (χ2n) is 6.70. The fourth-order valence-electron chi connectivity index (χ4n) is 2.27. The maximum Gasteiger partial charge on any atom is 0.119 e. The van der Waals surface area contributed by atoms with Crippen molar-refractivity contribution in [2.45, 2.75) is 46.1 Å². The Balaban J connectivity index is 1.75. The molecule has 0 spiro atoms. The van der Waals surface area contributed by atoms with E-state index in [-0.39, 0.29) is 0 Å². The van der Waals surface area contributed by atoms with Crippen LogP contribution in [0.25, 0.3) is 0 Å². The zero-order chi connectivity index (χ0) is 13.7. The molecule has 19 heavy (non-hydrogen) atoms. The summed E-state index contributed by atoms with van der Waals surface area (Å²) >= 11 is 0. The summed E-state index contributed by atoms with van der Waals surface area (Å²) in [7, 11) is 0. The van der Waals surface area contributed by atoms with Gasteiger partial charge in [-0.1, -0.05) is 39.0 Å². The third kappa shape index (κ3) is 5.23. The summed E-state index contributed by atoms with van der Waals surface area (Å²) in [5.74, 6) is 1.64. The molecule has 2 rings (SSSR count). The standard InChI is InChI=1S/C17H27NO/c1-17(2,3)14(13-18-15-9-10-15)11-12-19-16-7-5-4-6-8-16/h4-8,14-15,18H,9-13H2,1-3H3. The second-order valence-corrected chi connectivity index (χ2v) is 6.70. The van der Waals surface area contributed by atoms with E-state index < -0.39 is 0 Å². The van der Waals surface area contributed by atoms with Crippen LogP contribution in [0.4, 0.5) is 0 Å². The maximum absolute atomic E-state index is 5.83. The molecule has 1 aromatic rings. The second kappa shape index (κ2) is 6.42. The summed E-state index contributed by atoms with van der Waals surface area (Å²) in [6, 6.07) is 10.9. The van der Waals surface area contributed by atoms with Crippen LogP contribution >= 0.6 is 0 Å². The highest BCUT2D eigenvalue weighted by atomic mass is 16.5. The monoisotopic (exact) mass is 261 g/mol. The molecule has 1 N–H and O–H groups in total. The summed E-state index contributed by atoms with van der Waals surface area (Å²) in [5.41, 5.74) is 0.335. The third-order valence-electron chi connectivity index (χ3n) is 3.93. The normalized spacial score (nSPS) is 17.2. The van der Waals surface area contributed by atoms with Crippen LogP contribution in [0.1, 0.15) is 40.0 Å². The van der Waals surface area contributed by atoms with Crippen molar-refractivity contribution in [3.8, 4) is 5.75 Å². The molecule has 1 aliphatic carbocycles. The topological polar surface area (TPSA) is 21.3 Å². The molecule has 1 fully saturated rings. The Morgan fingerprint density at radius 2 is 1.89 bits per heavy atom. The van der Waals surface area contributed by atoms with Crippen molar-refractivity contribution in [3.63, 3.8) is 0 Å². The van der Waals surface area contributed by atoms with Crippen molar-refractivity contribution in [1.82, 2.24) is 5.32 Å². The number of hydrogen-bond acceptors (Lipinski definition) is 2. The first kappa shape index (κ1) is 14.4. The molecule has 0 aliphatic heterocycles. The number of nitrogens with one attached hydrogen (secondary N) is 1. The van der Waals surface area contributed by atoms with Gasteiger partial charge in [0, 0.05) is 6.04 Å². The van der Waals surface area contributed by atoms with E-state index in [1.165, 1.54) is 12.8 Å². The average molecular weight is 261 g/mol. The largest absolute Gasteiger partial charge is 0.494 e. The smallest absolute Gasteiger partial charge is 0.119 e. The highest BCUT2D eigenvalue weighted by molar-refractivity contribution is 5.20. The van der Waals surface area contributed by atoms with Gasteiger partial charge >= 0.3 is 0 Å². The van der Waals surface area contributed by atoms with Crippen molar-refractivity contribution in [2.75, 3.05) is 13.2 Å². The molecule has 0 bridgehead atoms. The van der Waals surface area contributed by atoms with E-state index in [0.29, 0.717) is 11.3 Å². The molecule has 0 aromatic heterocycles. The molecular formula is C17H27NO. The summed E-state index contributed by atoms with van der Waals surface area (Å²) in [6.45, 7) is 8.91. The molecule has 1 atom stereocenters. The Bertz CT molecular complexity index is 365. The van der Waals surface area contributed by atoms with E-state index in [1.807, 2.05) is 30.3 Å². The molecule has 2 heteroatoms. The van der Waals surface area contributed by atoms with E-state index in [1.54, 1.807) is 0 Å². The molecule has 0 radical (unpaired) electrons. The lowest BCUT2D eigenvalue weighted by Gasteiger charge is -2.31. The minimum atomic E-state index is 0.335. The highest BCUT2D eigenvalue weighted by Crippen LogP contribution is 2.29. The van der Waals surface area contributed by atoms with Crippen LogP contribution in [0.3, 0.4) is 0 Å². The van der Waals surface area contributed by atoms with Crippen molar-refractivity contribution >= 4 is 0 Å². The van der Waals surface area contributed by atoms with Crippen LogP contribution in [-0.2, 0) is 0 Å². The van der Waals surface area contributed by atoms with E-state index in [0.717, 1.165) is 31.4 Å². The van der Waals surface area contributed by atoms with Gasteiger partial charge in [-0.2, -0.15) is 0 Å². The average Bonchev–Trinajstić information content (AvgIpc) is 3.17. The summed E-state index contributed by atoms with van der Waals surface area (Å²) in [4.78, 5) is 0. The van der Waals surface area contributed by atoms with Gasteiger partial charge in [0.15, 0.2) is 0 Å². The van der Waals surface area contributed by atoms with Gasteiger partial charge in [0.05, 0.1) is 6.61 Å². The van der Waals surface area contributed by atoms with Gasteiger partial charge in [-0.15, -0.1) is 0 Å². The molecule has 1 saturated carbocycles. The van der Waals surface area contributed by atoms with Gasteiger partial charge < -0.3 is 10.1 Å². The summed E-state index contributed by atoms with van der Waals surface area (Å²) in [6.07, 6.45) is 3.83. The van der Waals surface area contributed by atoms with Gasteiger partial charge in [0.25, 0.3) is 0 Å². The van der Waals surface area contributed by atoms with Crippen LogP contribution in [-0.4, -0.2) is 19.2 Å². The molecule has 1 aliphatic rings. The highest BCUT2D eigenvalue weighted by Gasteiger charge is 2.27. The first-order valence-electron chi connectivity index (χ1n) is 7.47. The van der Waals surface area contributed by atoms with Crippen LogP contribution in [0, 0.1) is 11.3 Å². The quantitative estimate of drug-likeness (QED) is 0.804. The summed E-state index contributed by atoms with van der Waals surface area (Å²) < 4.78 is 5.83. The van der Waals surface area contributed by atoms with Gasteiger partial charge in [-0.05, 0) is 49.3 Å². The number of hydrogen-bond donors (Lipinski definition) is 1. The number of benzene rings is 1. The number of rotatable bonds is 7. The predicted molar refractivity (Wildman–Crippen MR) is 80.5 cm³/mol. The van der Waals surface area contributed by atoms with Crippen molar-refractivity contribution in [2.24, 2.45) is 11.3 Å². The zero-order valence-corrected chi connectivity index (χ0v) is 12.5. The first-order chi connectivity index (χ1) is 9.05. The summed E-state index contributed by atoms with van der Waals surface area (Å²) in [5, 5.41) is 3.66. The molecule has 0 saturated heterocycles. The van der Waals surface area contributed by atoms with E-state index in [4.69, 9.17) is 4.74 Å². The number of ether oxygens (including phenoxy) is 1. The number of para-hydroxylation sites is 1. The Labute approximate surface area is 117 Å². The Hall–Kier alpha value is -1.02. The van der Waals surface area contributed by atoms with E-state index in [2.05, 4.69) is 26.1 Å². The predicted octanol–water partition coefficient (Wildman–Crippen LogP) is 3.87. The molecule has 106 valence electrons. The SMILES string of the molecule is CC(C)(C)C(CCOc1ccccc1)CNC1CC1. The fourth-order valence-corrected chi connectivity index (χ4v) is 2.27. The Morgan fingerprint density at radius 3 is 2.47 bits per heavy atom. The maximum atomic E-state index is 5.83. The lowest BCUT2D eigenvalue weighted by atomic mass is 9.79. The molecule has 1 aromatic carbocycles. The Kier molecular flexibility index (Phi) is 4.87. The minimum Gasteiger partial charge on any atom is -0.494 e. The molecular weight excluding hydrogens is 234 g/mol. The lowest BCUT2D eigenvalue weighted by molar-refractivity contribution is 0.179. The molecule has 0 amide bonds. The molecule has 1 unspecified atom stereocenters. The lowest BCUT2D eigenvalue weighted by Crippen LogP contribution is -2.34. The van der Waals surface area contributed by atoms with Gasteiger partial charge in [0.1, 0.15) is 5.75 Å². The fraction of sp³-hybridized carbons (Fsp3) is 0.647. The van der Waals surface area contributed by atoms with Gasteiger partial charge in [-0.25, -0.2) is 0 Å².